The minimum absolute atomic E-state index is 0.000635. The number of thiol groups is 1. The van der Waals surface area contributed by atoms with Crippen LogP contribution in [0.2, 0.25) is 0 Å². The van der Waals surface area contributed by atoms with Crippen molar-refractivity contribution < 1.29 is 91.6 Å². The van der Waals surface area contributed by atoms with Crippen LogP contribution in [-0.2, 0) is 110 Å². The fourth-order valence-electron chi connectivity index (χ4n) is 5.31. The van der Waals surface area contributed by atoms with Crippen LogP contribution in [0.3, 0.4) is 0 Å². The van der Waals surface area contributed by atoms with E-state index < -0.39 is 73.3 Å². The predicted molar refractivity (Wildman–Crippen MR) is 236 cm³/mol. The van der Waals surface area contributed by atoms with Gasteiger partial charge in [0.1, 0.15) is 25.0 Å². The summed E-state index contributed by atoms with van der Waals surface area (Å²) in [4.78, 5) is 11.7. The molecular weight excluding hydrogens is 974 g/mol. The van der Waals surface area contributed by atoms with Crippen LogP contribution in [0.1, 0.15) is 40.0 Å². The van der Waals surface area contributed by atoms with Crippen LogP contribution >= 0.6 is 55.0 Å². The zero-order valence-corrected chi connectivity index (χ0v) is 43.8. The minimum atomic E-state index is -3.53. The molecule has 0 saturated carbocycles. The third-order valence-corrected chi connectivity index (χ3v) is 18.6. The van der Waals surface area contributed by atoms with Crippen molar-refractivity contribution in [1.82, 2.24) is 0 Å². The maximum Gasteiger partial charge on any atom is 0.353 e. The summed E-state index contributed by atoms with van der Waals surface area (Å²) in [7, 11) is -1.06. The van der Waals surface area contributed by atoms with Gasteiger partial charge >= 0.3 is 30.4 Å². The van der Waals surface area contributed by atoms with Crippen LogP contribution in [0.5, 0.6) is 0 Å². The molecule has 354 valence electrons. The molecule has 0 aliphatic carbocycles. The van der Waals surface area contributed by atoms with Crippen molar-refractivity contribution in [2.24, 2.45) is 0 Å². The molecule has 3 heterocycles. The number of hydrogen-bond donors (Lipinski definition) is 1. The molecule has 3 fully saturated rings. The van der Waals surface area contributed by atoms with Gasteiger partial charge in [-0.2, -0.15) is 0 Å². The topological polar surface area (TPSA) is 230 Å². The quantitative estimate of drug-likeness (QED) is 0.0844. The average Bonchev–Trinajstić information content (AvgIpc) is 3.87. The lowest BCUT2D eigenvalue weighted by atomic mass is 10.1. The summed E-state index contributed by atoms with van der Waals surface area (Å²) in [6.45, 7) is 3.51. The molecule has 3 aliphatic heterocycles. The highest BCUT2D eigenvalue weighted by molar-refractivity contribution is 8.60. The Labute approximate surface area is 370 Å². The van der Waals surface area contributed by atoms with Crippen LogP contribution in [0, 0.1) is 0 Å². The molecule has 3 aliphatic rings. The first kappa shape index (κ1) is 59.2. The van der Waals surface area contributed by atoms with Crippen molar-refractivity contribution in [3.8, 4) is 0 Å². The number of hydrogen-bond acceptors (Lipinski definition) is 22. The third kappa shape index (κ3) is 21.2. The number of rotatable bonds is 21. The maximum absolute atomic E-state index is 12.0. The fraction of sp³-hybridized carbons (Fsp3) is 0.806. The van der Waals surface area contributed by atoms with Crippen LogP contribution in [0.25, 0.3) is 0 Å². The highest BCUT2D eigenvalue weighted by Crippen LogP contribution is 2.56. The van der Waals surface area contributed by atoms with Gasteiger partial charge in [0, 0.05) is 107 Å². The lowest BCUT2D eigenvalue weighted by Crippen LogP contribution is -2.24. The molecule has 3 saturated heterocycles. The Morgan fingerprint density at radius 1 is 0.517 bits per heavy atom. The molecule has 0 spiro atoms. The summed E-state index contributed by atoms with van der Waals surface area (Å²) in [5.41, 5.74) is -2.58. The SMILES string of the molecule is COP(=O)(/C=C/[C@H]1O[C@@H](C)C[C@@H]1OP(=S)(S)OC)OC.COP(=O)(/C=C/[C@H]1O[C@@H](C)C[C@@H]1OP([O-])(=S)OC)OC.COP(C)(=O)O[C@H]1C[C@H](C)O[C@@H]1/C=C/P(=O)(OC)OC. The summed E-state index contributed by atoms with van der Waals surface area (Å²) >= 11 is 14.0. The number of ether oxygens (including phenoxy) is 3. The highest BCUT2D eigenvalue weighted by Gasteiger charge is 2.38. The Balaban J connectivity index is 0.000000450. The van der Waals surface area contributed by atoms with Crippen LogP contribution in [0.4, 0.5) is 0 Å². The summed E-state index contributed by atoms with van der Waals surface area (Å²) < 4.78 is 124. The standard InChI is InChI=1S/C11H22O7P2.C10H20O7P2S.C10H20O6P2S2/c1-9-8-11(18-19(5,12)14-2)10(17-9)6-7-20(13,15-3)16-4;1-8-7-10(17-19(12,20)15-4)9(16-8)5-6-18(11,13-2)14-3;1-8-7-10(16-18(19,20)14-4)9(15-8)5-6-17(11,12-2)13-3/h6-7,9-11H,8H2,1-5H3;5-6,8-10H,7H2,1-4H3,(H,12,20);5-6,8-10H,7H2,1-4H3,(H,19,20)/p-1/b7-6+;2*6-5+/t9-,10+,11-,19?;8-,9+,10-,19?;8-,9+,10-/m000/s1. The van der Waals surface area contributed by atoms with E-state index in [1.807, 2.05) is 20.8 Å². The van der Waals surface area contributed by atoms with Gasteiger partial charge in [-0.3, -0.25) is 18.3 Å². The molecule has 60 heavy (non-hydrogen) atoms. The zero-order chi connectivity index (χ0) is 46.2. The summed E-state index contributed by atoms with van der Waals surface area (Å²) in [5.74, 6) is 3.97. The first-order valence-electron chi connectivity index (χ1n) is 17.9. The Hall–Kier alpha value is 1.15. The van der Waals surface area contributed by atoms with Gasteiger partial charge in [0.2, 0.25) is 5.69 Å². The van der Waals surface area contributed by atoms with Crippen molar-refractivity contribution >= 4 is 78.7 Å². The van der Waals surface area contributed by atoms with Crippen LogP contribution in [-0.4, -0.2) is 126 Å². The molecule has 0 aromatic rings. The summed E-state index contributed by atoms with van der Waals surface area (Å²) in [6.07, 6.45) is 3.55. The summed E-state index contributed by atoms with van der Waals surface area (Å²) in [6, 6.07) is 0. The second-order valence-electron chi connectivity index (χ2n) is 12.8. The molecular formula is C31H61O20P6S3-. The van der Waals surface area contributed by atoms with E-state index in [1.165, 1.54) is 94.2 Å². The lowest BCUT2D eigenvalue weighted by molar-refractivity contribution is -0.209. The molecule has 3 unspecified atom stereocenters. The molecule has 0 bridgehead atoms. The summed E-state index contributed by atoms with van der Waals surface area (Å²) in [5, 5.41) is 0. The van der Waals surface area contributed by atoms with Crippen LogP contribution in [0.15, 0.2) is 35.7 Å². The van der Waals surface area contributed by atoms with E-state index in [9.17, 15) is 23.2 Å². The second kappa shape index (κ2) is 27.1. The zero-order valence-electron chi connectivity index (χ0n) is 35.9. The van der Waals surface area contributed by atoms with Gasteiger partial charge in [-0.05, 0) is 50.8 Å². The van der Waals surface area contributed by atoms with E-state index >= 15 is 0 Å². The van der Waals surface area contributed by atoms with Crippen molar-refractivity contribution in [3.63, 3.8) is 0 Å². The van der Waals surface area contributed by atoms with E-state index in [2.05, 4.69) is 16.8 Å². The second-order valence-corrected chi connectivity index (χ2v) is 29.4. The van der Waals surface area contributed by atoms with E-state index in [4.69, 9.17) is 87.6 Å². The first-order valence-corrected chi connectivity index (χ1v) is 31.0. The molecule has 0 amide bonds. The van der Waals surface area contributed by atoms with E-state index in [0.717, 1.165) is 0 Å². The van der Waals surface area contributed by atoms with Gasteiger partial charge in [0.25, 0.3) is 0 Å². The Kier molecular flexibility index (Phi) is 26.7. The first-order chi connectivity index (χ1) is 27.7. The van der Waals surface area contributed by atoms with Gasteiger partial charge in [-0.15, -0.1) is 0 Å². The lowest BCUT2D eigenvalue weighted by Gasteiger charge is -2.30. The smallest absolute Gasteiger partial charge is 0.353 e. The van der Waals surface area contributed by atoms with E-state index in [1.54, 1.807) is 12.2 Å². The van der Waals surface area contributed by atoms with Crippen LogP contribution < -0.4 is 4.89 Å². The normalized spacial score (nSPS) is 30.8. The fourth-order valence-corrected chi connectivity index (χ4v) is 10.7. The molecule has 3 rings (SSSR count). The predicted octanol–water partition coefficient (Wildman–Crippen LogP) is 8.15. The van der Waals surface area contributed by atoms with Crippen molar-refractivity contribution in [3.05, 3.63) is 35.7 Å². The van der Waals surface area contributed by atoms with Gasteiger partial charge in [0.15, 0.2) is 0 Å². The minimum Gasteiger partial charge on any atom is -0.780 e. The average molecular weight is 1040 g/mol. The Morgan fingerprint density at radius 3 is 1.08 bits per heavy atom. The highest BCUT2D eigenvalue weighted by atomic mass is 32.9. The molecule has 0 radical (unpaired) electrons. The Bertz CT molecular complexity index is 1490. The molecule has 12 atom stereocenters. The molecule has 0 aromatic heterocycles. The van der Waals surface area contributed by atoms with E-state index in [-0.39, 0.29) is 24.4 Å². The van der Waals surface area contributed by atoms with E-state index in [0.29, 0.717) is 19.3 Å². The van der Waals surface area contributed by atoms with Crippen molar-refractivity contribution in [2.45, 2.75) is 95.0 Å². The van der Waals surface area contributed by atoms with Crippen molar-refractivity contribution in [2.75, 3.05) is 70.7 Å². The largest absolute Gasteiger partial charge is 0.780 e. The monoisotopic (exact) mass is 1040 g/mol. The third-order valence-electron chi connectivity index (χ3n) is 8.51. The van der Waals surface area contributed by atoms with Gasteiger partial charge in [-0.1, -0.05) is 24.1 Å². The molecule has 0 aromatic carbocycles. The molecule has 29 heteroatoms. The maximum atomic E-state index is 12.0. The van der Waals surface area contributed by atoms with Crippen molar-refractivity contribution in [1.29, 1.82) is 0 Å². The molecule has 0 N–H and O–H groups in total. The Morgan fingerprint density at radius 2 is 0.817 bits per heavy atom. The molecule has 20 nitrogen and oxygen atoms in total. The van der Waals surface area contributed by atoms with Gasteiger partial charge in [0.05, 0.1) is 36.6 Å². The van der Waals surface area contributed by atoms with Gasteiger partial charge < -0.3 is 73.4 Å². The van der Waals surface area contributed by atoms with Gasteiger partial charge in [-0.25, -0.2) is 0 Å².